The summed E-state index contributed by atoms with van der Waals surface area (Å²) in [4.78, 5) is 18.2. The molecule has 172 valence electrons. The van der Waals surface area contributed by atoms with Crippen molar-refractivity contribution in [2.24, 2.45) is 5.73 Å². The summed E-state index contributed by atoms with van der Waals surface area (Å²) in [7, 11) is 0. The van der Waals surface area contributed by atoms with Crippen LogP contribution in [0.5, 0.6) is 11.5 Å². The van der Waals surface area contributed by atoms with Gasteiger partial charge in [0.25, 0.3) is 5.91 Å². The second-order valence-corrected chi connectivity index (χ2v) is 7.92. The third kappa shape index (κ3) is 5.04. The Hall–Kier alpha value is -4.26. The maximum atomic E-state index is 13.9. The molecule has 4 rings (SSSR count). The van der Waals surface area contributed by atoms with Crippen LogP contribution >= 0.6 is 0 Å². The molecule has 2 N–H and O–H groups in total. The normalized spacial score (nSPS) is 10.7. The molecule has 7 heteroatoms. The third-order valence-corrected chi connectivity index (χ3v) is 5.36. The van der Waals surface area contributed by atoms with E-state index < -0.39 is 17.5 Å². The highest BCUT2D eigenvalue weighted by Crippen LogP contribution is 2.35. The molecule has 0 radical (unpaired) electrons. The molecule has 0 saturated carbocycles. The van der Waals surface area contributed by atoms with E-state index in [-0.39, 0.29) is 12.1 Å². The Balaban J connectivity index is 1.77. The quantitative estimate of drug-likeness (QED) is 0.357. The third-order valence-electron chi connectivity index (χ3n) is 5.36. The zero-order valence-corrected chi connectivity index (χ0v) is 18.8. The Morgan fingerprint density at radius 1 is 0.941 bits per heavy atom. The second-order valence-electron chi connectivity index (χ2n) is 7.92. The summed E-state index contributed by atoms with van der Waals surface area (Å²) in [6.07, 6.45) is 1.58. The van der Waals surface area contributed by atoms with Gasteiger partial charge in [0.1, 0.15) is 29.0 Å². The van der Waals surface area contributed by atoms with Gasteiger partial charge < -0.3 is 15.4 Å². The fourth-order valence-electron chi connectivity index (χ4n) is 3.67. The number of pyridine rings is 1. The van der Waals surface area contributed by atoms with Crippen LogP contribution in [-0.2, 0) is 6.54 Å². The summed E-state index contributed by atoms with van der Waals surface area (Å²) in [5.74, 6) is -0.558. The number of nitrogens with two attached hydrogens (primary N) is 1. The van der Waals surface area contributed by atoms with Crippen LogP contribution in [0.15, 0.2) is 79.0 Å². The Bertz CT molecular complexity index is 1320. The van der Waals surface area contributed by atoms with Gasteiger partial charge in [-0.2, -0.15) is 0 Å². The fourth-order valence-corrected chi connectivity index (χ4v) is 3.67. The van der Waals surface area contributed by atoms with Crippen molar-refractivity contribution in [2.45, 2.75) is 20.4 Å². The number of aryl methyl sites for hydroxylation is 1. The molecular formula is C27H23F2N3O2. The molecule has 0 spiro atoms. The van der Waals surface area contributed by atoms with Crippen LogP contribution in [0.4, 0.5) is 20.3 Å². The molecule has 34 heavy (non-hydrogen) atoms. The monoisotopic (exact) mass is 459 g/mol. The highest BCUT2D eigenvalue weighted by Gasteiger charge is 2.19. The SMILES string of the molecule is Cc1ccc(N(Cc2cc(F)cc(F)c2)c2nccc(Oc3ccccc3C(N)=O)c2C)cc1. The molecule has 0 bridgehead atoms. The molecule has 1 amide bonds. The van der Waals surface area contributed by atoms with Gasteiger partial charge in [0.2, 0.25) is 0 Å². The minimum Gasteiger partial charge on any atom is -0.456 e. The summed E-state index contributed by atoms with van der Waals surface area (Å²) in [5, 5.41) is 0. The smallest absolute Gasteiger partial charge is 0.252 e. The zero-order chi connectivity index (χ0) is 24.2. The van der Waals surface area contributed by atoms with Crippen LogP contribution < -0.4 is 15.4 Å². The average Bonchev–Trinajstić information content (AvgIpc) is 2.79. The first-order chi connectivity index (χ1) is 16.3. The number of nitrogens with zero attached hydrogens (tertiary/aromatic N) is 2. The number of halogens is 2. The van der Waals surface area contributed by atoms with Crippen LogP contribution in [0.25, 0.3) is 0 Å². The van der Waals surface area contributed by atoms with Crippen molar-refractivity contribution in [1.29, 1.82) is 0 Å². The van der Waals surface area contributed by atoms with E-state index >= 15 is 0 Å². The number of carbonyl (C=O) groups excluding carboxylic acids is 1. The van der Waals surface area contributed by atoms with Crippen LogP contribution in [0, 0.1) is 25.5 Å². The Morgan fingerprint density at radius 2 is 1.62 bits per heavy atom. The summed E-state index contributed by atoms with van der Waals surface area (Å²) < 4.78 is 33.8. The first-order valence-electron chi connectivity index (χ1n) is 10.6. The van der Waals surface area contributed by atoms with Gasteiger partial charge in [-0.15, -0.1) is 0 Å². The molecular weight excluding hydrogens is 436 g/mol. The number of carbonyl (C=O) groups is 1. The molecule has 1 aromatic heterocycles. The maximum Gasteiger partial charge on any atom is 0.252 e. The lowest BCUT2D eigenvalue weighted by Crippen LogP contribution is -2.19. The molecule has 1 heterocycles. The highest BCUT2D eigenvalue weighted by molar-refractivity contribution is 5.95. The molecule has 0 aliphatic carbocycles. The topological polar surface area (TPSA) is 68.5 Å². The summed E-state index contributed by atoms with van der Waals surface area (Å²) in [6, 6.07) is 19.6. The van der Waals surface area contributed by atoms with Crippen molar-refractivity contribution in [3.63, 3.8) is 0 Å². The number of anilines is 2. The molecule has 4 aromatic rings. The standard InChI is InChI=1S/C27H23F2N3O2/c1-17-7-9-22(10-8-17)32(16-19-13-20(28)15-21(29)14-19)27-18(2)24(11-12-31-27)34-25-6-4-3-5-23(25)26(30)33/h3-15H,16H2,1-2H3,(H2,30,33). The van der Waals surface area contributed by atoms with Crippen molar-refractivity contribution < 1.29 is 18.3 Å². The van der Waals surface area contributed by atoms with Crippen LogP contribution in [0.2, 0.25) is 0 Å². The van der Waals surface area contributed by atoms with Gasteiger partial charge in [0.15, 0.2) is 0 Å². The van der Waals surface area contributed by atoms with E-state index in [2.05, 4.69) is 4.98 Å². The number of amides is 1. The number of hydrogen-bond donors (Lipinski definition) is 1. The molecule has 5 nitrogen and oxygen atoms in total. The van der Waals surface area contributed by atoms with E-state index in [1.165, 1.54) is 12.1 Å². The summed E-state index contributed by atoms with van der Waals surface area (Å²) in [6.45, 7) is 3.98. The maximum absolute atomic E-state index is 13.9. The molecule has 0 aliphatic heterocycles. The van der Waals surface area contributed by atoms with E-state index in [4.69, 9.17) is 10.5 Å². The number of primary amides is 1. The van der Waals surface area contributed by atoms with Crippen LogP contribution in [-0.4, -0.2) is 10.9 Å². The van der Waals surface area contributed by atoms with Gasteiger partial charge in [-0.25, -0.2) is 13.8 Å². The van der Waals surface area contributed by atoms with E-state index in [9.17, 15) is 13.6 Å². The first kappa shape index (κ1) is 22.9. The first-order valence-corrected chi connectivity index (χ1v) is 10.6. The van der Waals surface area contributed by atoms with Crippen LogP contribution in [0.3, 0.4) is 0 Å². The number of aromatic nitrogens is 1. The van der Waals surface area contributed by atoms with Gasteiger partial charge in [0, 0.05) is 30.1 Å². The molecule has 0 aliphatic rings. The van der Waals surface area contributed by atoms with E-state index in [1.54, 1.807) is 36.5 Å². The predicted molar refractivity (Wildman–Crippen MR) is 127 cm³/mol. The minimum atomic E-state index is -0.649. The Morgan fingerprint density at radius 3 is 2.29 bits per heavy atom. The van der Waals surface area contributed by atoms with Crippen molar-refractivity contribution in [3.05, 3.63) is 113 Å². The van der Waals surface area contributed by atoms with Crippen LogP contribution in [0.1, 0.15) is 27.0 Å². The minimum absolute atomic E-state index is 0.174. The lowest BCUT2D eigenvalue weighted by Gasteiger charge is -2.26. The Kier molecular flexibility index (Phi) is 6.54. The number of para-hydroxylation sites is 1. The predicted octanol–water partition coefficient (Wildman–Crippen LogP) is 6.21. The van der Waals surface area contributed by atoms with Crippen molar-refractivity contribution in [1.82, 2.24) is 4.98 Å². The molecule has 0 unspecified atom stereocenters. The molecule has 0 fully saturated rings. The van der Waals surface area contributed by atoms with E-state index in [0.29, 0.717) is 28.4 Å². The lowest BCUT2D eigenvalue weighted by atomic mass is 10.1. The van der Waals surface area contributed by atoms with E-state index in [0.717, 1.165) is 17.3 Å². The van der Waals surface area contributed by atoms with Gasteiger partial charge >= 0.3 is 0 Å². The van der Waals surface area contributed by atoms with Gasteiger partial charge in [-0.05, 0) is 61.9 Å². The second kappa shape index (κ2) is 9.70. The van der Waals surface area contributed by atoms with Gasteiger partial charge in [-0.1, -0.05) is 29.8 Å². The molecule has 3 aromatic carbocycles. The average molecular weight is 459 g/mol. The van der Waals surface area contributed by atoms with Gasteiger partial charge in [0.05, 0.1) is 5.56 Å². The molecule has 0 atom stereocenters. The van der Waals surface area contributed by atoms with Gasteiger partial charge in [-0.3, -0.25) is 4.79 Å². The summed E-state index contributed by atoms with van der Waals surface area (Å²) >= 11 is 0. The number of benzene rings is 3. The zero-order valence-electron chi connectivity index (χ0n) is 18.8. The summed E-state index contributed by atoms with van der Waals surface area (Å²) in [5.41, 5.74) is 8.73. The number of hydrogen-bond acceptors (Lipinski definition) is 4. The Labute approximate surface area is 196 Å². The van der Waals surface area contributed by atoms with Crippen molar-refractivity contribution in [2.75, 3.05) is 4.90 Å². The number of ether oxygens (including phenoxy) is 1. The lowest BCUT2D eigenvalue weighted by molar-refractivity contribution is 0.0998. The number of rotatable bonds is 7. The molecule has 0 saturated heterocycles. The largest absolute Gasteiger partial charge is 0.456 e. The van der Waals surface area contributed by atoms with Crippen molar-refractivity contribution in [3.8, 4) is 11.5 Å². The fraction of sp³-hybridized carbons (Fsp3) is 0.111. The van der Waals surface area contributed by atoms with E-state index in [1.807, 2.05) is 43.0 Å². The highest BCUT2D eigenvalue weighted by atomic mass is 19.1. The van der Waals surface area contributed by atoms with Crippen molar-refractivity contribution >= 4 is 17.4 Å².